The predicted molar refractivity (Wildman–Crippen MR) is 174 cm³/mol. The normalized spacial score (nSPS) is 19.9. The standard InChI is InChI=1S/C35H34FN9O2/c1-21(46)42-8-6-27(7-9-42)45-18-25(16-40-45)31-12-30-34(24(13-37)15-39-35(30)41-31)22-2-5-33(38-14-22)43-19-28-11-29(20-43)44(28)17-23-10-26(36)3-4-32(23)47/h2-5,10,12,14-16,18,27-29,47H,6-9,11,17,19-20H2,1H3,(H,39,41). The van der Waals surface area contributed by atoms with Crippen molar-refractivity contribution in [2.75, 3.05) is 31.1 Å². The quantitative estimate of drug-likeness (QED) is 0.272. The van der Waals surface area contributed by atoms with Crippen molar-refractivity contribution in [2.45, 2.75) is 50.9 Å². The van der Waals surface area contributed by atoms with Gasteiger partial charge in [0, 0.05) is 98.0 Å². The lowest BCUT2D eigenvalue weighted by Crippen LogP contribution is -2.68. The first kappa shape index (κ1) is 29.1. The van der Waals surface area contributed by atoms with Crippen LogP contribution in [0.2, 0.25) is 0 Å². The molecule has 4 saturated heterocycles. The summed E-state index contributed by atoms with van der Waals surface area (Å²) in [5.74, 6) is 0.770. The van der Waals surface area contributed by atoms with Crippen LogP contribution in [0.1, 0.15) is 43.4 Å². The van der Waals surface area contributed by atoms with Crippen molar-refractivity contribution in [3.8, 4) is 34.2 Å². The van der Waals surface area contributed by atoms with Crippen LogP contribution in [0.25, 0.3) is 33.4 Å². The molecular formula is C35H34FN9O2. The fourth-order valence-corrected chi connectivity index (χ4v) is 7.48. The Morgan fingerprint density at radius 2 is 1.85 bits per heavy atom. The van der Waals surface area contributed by atoms with Crippen LogP contribution in [0.15, 0.2) is 61.2 Å². The van der Waals surface area contributed by atoms with Gasteiger partial charge in [-0.15, -0.1) is 0 Å². The maximum Gasteiger partial charge on any atom is 0.219 e. The van der Waals surface area contributed by atoms with Crippen molar-refractivity contribution in [1.29, 1.82) is 5.26 Å². The van der Waals surface area contributed by atoms with Gasteiger partial charge in [0.1, 0.15) is 29.1 Å². The third-order valence-corrected chi connectivity index (χ3v) is 10.1. The minimum absolute atomic E-state index is 0.114. The Morgan fingerprint density at radius 3 is 2.57 bits per heavy atom. The summed E-state index contributed by atoms with van der Waals surface area (Å²) in [5.41, 5.74) is 5.18. The number of likely N-dealkylation sites (tertiary alicyclic amines) is 1. The fraction of sp³-hybridized carbons (Fsp3) is 0.343. The van der Waals surface area contributed by atoms with Crippen molar-refractivity contribution < 1.29 is 14.3 Å². The van der Waals surface area contributed by atoms with E-state index in [-0.39, 0.29) is 23.5 Å². The first-order chi connectivity index (χ1) is 22.8. The van der Waals surface area contributed by atoms with Crippen LogP contribution in [0.5, 0.6) is 5.75 Å². The maximum absolute atomic E-state index is 13.8. The molecule has 2 bridgehead atoms. The highest BCUT2D eigenvalue weighted by atomic mass is 19.1. The highest BCUT2D eigenvalue weighted by Crippen LogP contribution is 2.38. The SMILES string of the molecule is CC(=O)N1CCC(n2cc(-c3cc4c(-c5ccc(N6CC7CC(C6)N7Cc6cc(F)ccc6O)nc5)c(C#N)cnc4[nH]3)cn2)CC1. The number of fused-ring (bicyclic) bond motifs is 3. The summed E-state index contributed by atoms with van der Waals surface area (Å²) in [6.45, 7) is 5.20. The lowest BCUT2D eigenvalue weighted by molar-refractivity contribution is -0.130. The second-order valence-electron chi connectivity index (χ2n) is 12.8. The van der Waals surface area contributed by atoms with Crippen LogP contribution in [0, 0.1) is 17.1 Å². The molecule has 4 aliphatic heterocycles. The number of carbonyl (C=O) groups is 1. The van der Waals surface area contributed by atoms with Crippen molar-refractivity contribution >= 4 is 22.8 Å². The van der Waals surface area contributed by atoms with Gasteiger partial charge in [-0.25, -0.2) is 14.4 Å². The summed E-state index contributed by atoms with van der Waals surface area (Å²) in [6, 6.07) is 13.3. The Morgan fingerprint density at radius 1 is 1.04 bits per heavy atom. The highest BCUT2D eigenvalue weighted by Gasteiger charge is 2.45. The summed E-state index contributed by atoms with van der Waals surface area (Å²) in [7, 11) is 0. The molecule has 0 radical (unpaired) electrons. The maximum atomic E-state index is 13.8. The van der Waals surface area contributed by atoms with Crippen LogP contribution in [0.4, 0.5) is 10.2 Å². The van der Waals surface area contributed by atoms with Crippen molar-refractivity contribution in [2.24, 2.45) is 0 Å². The number of anilines is 1. The molecule has 4 fully saturated rings. The molecule has 4 aromatic heterocycles. The molecule has 1 aromatic carbocycles. The Kier molecular flexibility index (Phi) is 7.14. The van der Waals surface area contributed by atoms with Gasteiger partial charge in [0.05, 0.1) is 23.5 Å². The molecule has 8 heterocycles. The molecule has 0 saturated carbocycles. The second-order valence-corrected chi connectivity index (χ2v) is 12.8. The number of H-pyrrole nitrogens is 1. The molecule has 2 unspecified atom stereocenters. The van der Waals surface area contributed by atoms with Crippen molar-refractivity contribution in [1.82, 2.24) is 34.5 Å². The predicted octanol–water partition coefficient (Wildman–Crippen LogP) is 4.85. The largest absolute Gasteiger partial charge is 0.508 e. The summed E-state index contributed by atoms with van der Waals surface area (Å²) in [4.78, 5) is 31.0. The third-order valence-electron chi connectivity index (χ3n) is 10.1. The number of hydrogen-bond acceptors (Lipinski definition) is 8. The Balaban J connectivity index is 1.00. The molecular weight excluding hydrogens is 597 g/mol. The van der Waals surface area contributed by atoms with E-state index in [1.54, 1.807) is 13.1 Å². The summed E-state index contributed by atoms with van der Waals surface area (Å²) in [5, 5.41) is 25.7. The number of aromatic nitrogens is 5. The Hall–Kier alpha value is -5.28. The van der Waals surface area contributed by atoms with Gasteiger partial charge < -0.3 is 19.9 Å². The molecule has 0 spiro atoms. The number of hydrogen-bond donors (Lipinski definition) is 2. The third kappa shape index (κ3) is 5.26. The number of carbonyl (C=O) groups excluding carboxylic acids is 1. The van der Waals surface area contributed by atoms with E-state index < -0.39 is 0 Å². The van der Waals surface area contributed by atoms with E-state index in [9.17, 15) is 19.6 Å². The average Bonchev–Trinajstić information content (AvgIpc) is 3.76. The smallest absolute Gasteiger partial charge is 0.219 e. The van der Waals surface area contributed by atoms with Gasteiger partial charge in [-0.05, 0) is 55.7 Å². The Labute approximate surface area is 270 Å². The average molecular weight is 632 g/mol. The topological polar surface area (TPSA) is 130 Å². The number of phenols is 1. The fourth-order valence-electron chi connectivity index (χ4n) is 7.48. The van der Waals surface area contributed by atoms with Crippen LogP contribution in [0.3, 0.4) is 0 Å². The van der Waals surface area contributed by atoms with Crippen molar-refractivity contribution in [3.63, 3.8) is 0 Å². The zero-order valence-electron chi connectivity index (χ0n) is 26.0. The number of aromatic amines is 1. The van der Waals surface area contributed by atoms with E-state index in [1.807, 2.05) is 46.4 Å². The van der Waals surface area contributed by atoms with Crippen LogP contribution in [-0.4, -0.2) is 83.8 Å². The van der Waals surface area contributed by atoms with E-state index in [4.69, 9.17) is 4.98 Å². The van der Waals surface area contributed by atoms with Crippen molar-refractivity contribution in [3.05, 3.63) is 78.1 Å². The minimum atomic E-state index is -0.341. The van der Waals surface area contributed by atoms with Crippen LogP contribution < -0.4 is 4.90 Å². The first-order valence-corrected chi connectivity index (χ1v) is 16.0. The summed E-state index contributed by atoms with van der Waals surface area (Å²) in [6.07, 6.45) is 10.1. The first-order valence-electron chi connectivity index (χ1n) is 16.0. The van der Waals surface area contributed by atoms with Gasteiger partial charge >= 0.3 is 0 Å². The molecule has 2 atom stereocenters. The minimum Gasteiger partial charge on any atom is -0.508 e. The molecule has 0 aliphatic carbocycles. The number of nitriles is 1. The second kappa shape index (κ2) is 11.5. The van der Waals surface area contributed by atoms with Gasteiger partial charge in [-0.2, -0.15) is 10.4 Å². The molecule has 2 N–H and O–H groups in total. The summed E-state index contributed by atoms with van der Waals surface area (Å²) >= 11 is 0. The number of piperazine rings is 1. The van der Waals surface area contributed by atoms with Gasteiger partial charge in [-0.3, -0.25) is 14.4 Å². The molecule has 47 heavy (non-hydrogen) atoms. The Bertz CT molecular complexity index is 2010. The number of phenolic OH excluding ortho intramolecular Hbond substituents is 1. The molecule has 11 nitrogen and oxygen atoms in total. The highest BCUT2D eigenvalue weighted by molar-refractivity contribution is 5.98. The van der Waals surface area contributed by atoms with Gasteiger partial charge in [0.25, 0.3) is 0 Å². The number of benzene rings is 1. The van der Waals surface area contributed by atoms with Gasteiger partial charge in [0.2, 0.25) is 5.91 Å². The number of rotatable bonds is 6. The molecule has 4 aliphatic rings. The molecule has 9 rings (SSSR count). The van der Waals surface area contributed by atoms with Crippen LogP contribution in [-0.2, 0) is 11.3 Å². The zero-order chi connectivity index (χ0) is 32.2. The lowest BCUT2D eigenvalue weighted by Gasteiger charge is -2.56. The van der Waals surface area contributed by atoms with Crippen LogP contribution >= 0.6 is 0 Å². The van der Waals surface area contributed by atoms with E-state index in [0.29, 0.717) is 35.4 Å². The zero-order valence-corrected chi connectivity index (χ0v) is 26.0. The number of nitrogens with one attached hydrogen (secondary N) is 1. The van der Waals surface area contributed by atoms with Gasteiger partial charge in [-0.1, -0.05) is 0 Å². The molecule has 5 aromatic rings. The number of aromatic hydroxyl groups is 1. The summed E-state index contributed by atoms with van der Waals surface area (Å²) < 4.78 is 15.8. The number of piperidine rings is 2. The molecule has 12 heteroatoms. The number of nitrogens with zero attached hydrogens (tertiary/aromatic N) is 8. The van der Waals surface area contributed by atoms with E-state index in [0.717, 1.165) is 79.0 Å². The number of pyridine rings is 2. The molecule has 238 valence electrons. The number of amides is 1. The van der Waals surface area contributed by atoms with E-state index in [2.05, 4.69) is 30.9 Å². The van der Waals surface area contributed by atoms with Gasteiger partial charge in [0.15, 0.2) is 0 Å². The molecule has 1 amide bonds. The van der Waals surface area contributed by atoms with E-state index >= 15 is 0 Å². The monoisotopic (exact) mass is 631 g/mol. The van der Waals surface area contributed by atoms with E-state index in [1.165, 1.54) is 18.2 Å². The number of halogens is 1. The lowest BCUT2D eigenvalue weighted by atomic mass is 9.86.